The van der Waals surface area contributed by atoms with E-state index in [9.17, 15) is 0 Å². The van der Waals surface area contributed by atoms with Gasteiger partial charge in [-0.25, -0.2) is 0 Å². The molecular weight excluding hydrogens is 486 g/mol. The summed E-state index contributed by atoms with van der Waals surface area (Å²) in [5.41, 5.74) is 10.8. The number of benzene rings is 7. The fourth-order valence-electron chi connectivity index (χ4n) is 7.18. The van der Waals surface area contributed by atoms with E-state index in [0.717, 1.165) is 21.9 Å². The van der Waals surface area contributed by atoms with Gasteiger partial charge in [0.1, 0.15) is 11.2 Å². The molecule has 1 aliphatic carbocycles. The second kappa shape index (κ2) is 7.19. The van der Waals surface area contributed by atoms with E-state index in [1.807, 2.05) is 12.1 Å². The van der Waals surface area contributed by atoms with Gasteiger partial charge in [-0.2, -0.15) is 0 Å². The van der Waals surface area contributed by atoms with Crippen LogP contribution in [0.4, 0.5) is 0 Å². The van der Waals surface area contributed by atoms with Crippen molar-refractivity contribution in [2.24, 2.45) is 0 Å². The van der Waals surface area contributed by atoms with Crippen molar-refractivity contribution in [1.82, 2.24) is 4.57 Å². The third-order valence-electron chi connectivity index (χ3n) is 8.89. The Morgan fingerprint density at radius 1 is 0.400 bits per heavy atom. The van der Waals surface area contributed by atoms with E-state index in [4.69, 9.17) is 4.42 Å². The lowest BCUT2D eigenvalue weighted by atomic mass is 10.0. The van der Waals surface area contributed by atoms with Crippen molar-refractivity contribution < 1.29 is 4.42 Å². The molecule has 7 aromatic carbocycles. The number of fused-ring (bicyclic) bond motifs is 10. The van der Waals surface area contributed by atoms with Crippen LogP contribution in [0.1, 0.15) is 0 Å². The van der Waals surface area contributed by atoms with Crippen LogP contribution in [0.25, 0.3) is 93.2 Å². The zero-order valence-corrected chi connectivity index (χ0v) is 21.5. The van der Waals surface area contributed by atoms with Crippen LogP contribution in [0.2, 0.25) is 0 Å². The minimum atomic E-state index is 0.932. The maximum absolute atomic E-state index is 6.23. The van der Waals surface area contributed by atoms with E-state index in [2.05, 4.69) is 120 Å². The average Bonchev–Trinajstić information content (AvgIpc) is 3.64. The Morgan fingerprint density at radius 2 is 1.07 bits per heavy atom. The normalized spacial score (nSPS) is 12.5. The molecule has 2 aromatic heterocycles. The molecule has 9 aromatic rings. The number of hydrogen-bond donors (Lipinski definition) is 0. The molecule has 0 spiro atoms. The molecule has 1 aliphatic rings. The molecule has 0 atom stereocenters. The van der Waals surface area contributed by atoms with Crippen molar-refractivity contribution in [2.45, 2.75) is 0 Å². The van der Waals surface area contributed by atoms with Gasteiger partial charge in [-0.1, -0.05) is 84.9 Å². The fraction of sp³-hybridized carbons (Fsp3) is 0. The van der Waals surface area contributed by atoms with Gasteiger partial charge in [0.25, 0.3) is 0 Å². The predicted octanol–water partition coefficient (Wildman–Crippen LogP) is 10.6. The van der Waals surface area contributed by atoms with Gasteiger partial charge in [0.15, 0.2) is 0 Å². The zero-order chi connectivity index (χ0) is 25.9. The van der Waals surface area contributed by atoms with E-state index in [1.165, 1.54) is 71.3 Å². The molecule has 0 saturated heterocycles. The molecule has 184 valence electrons. The highest BCUT2D eigenvalue weighted by Crippen LogP contribution is 2.49. The van der Waals surface area contributed by atoms with Crippen molar-refractivity contribution in [2.75, 3.05) is 0 Å². The number of furan rings is 1. The van der Waals surface area contributed by atoms with Crippen LogP contribution in [-0.2, 0) is 0 Å². The lowest BCUT2D eigenvalue weighted by molar-refractivity contribution is 0.669. The largest absolute Gasteiger partial charge is 0.456 e. The second-order valence-electron chi connectivity index (χ2n) is 10.9. The molecule has 2 heterocycles. The molecule has 0 bridgehead atoms. The maximum Gasteiger partial charge on any atom is 0.136 e. The third kappa shape index (κ3) is 2.49. The third-order valence-corrected chi connectivity index (χ3v) is 8.89. The number of aromatic nitrogens is 1. The van der Waals surface area contributed by atoms with Crippen molar-refractivity contribution in [3.05, 3.63) is 127 Å². The van der Waals surface area contributed by atoms with E-state index < -0.39 is 0 Å². The average molecular weight is 508 g/mol. The summed E-state index contributed by atoms with van der Waals surface area (Å²) in [6, 6.07) is 46.4. The van der Waals surface area contributed by atoms with E-state index in [-0.39, 0.29) is 0 Å². The Morgan fingerprint density at radius 3 is 1.98 bits per heavy atom. The van der Waals surface area contributed by atoms with E-state index in [0.29, 0.717) is 0 Å². The Bertz CT molecular complexity index is 2510. The summed E-state index contributed by atoms with van der Waals surface area (Å²) < 4.78 is 8.70. The molecule has 0 saturated carbocycles. The SMILES string of the molecule is c1ccc2c(c1)-c1cccc3c(-n4c5ccccc5c5cc6cc7oc8ccccc8c7cc6cc54)ccc-2c13. The van der Waals surface area contributed by atoms with Gasteiger partial charge in [-0.15, -0.1) is 0 Å². The first-order valence-corrected chi connectivity index (χ1v) is 13.8. The van der Waals surface area contributed by atoms with Crippen LogP contribution < -0.4 is 0 Å². The molecule has 0 N–H and O–H groups in total. The van der Waals surface area contributed by atoms with E-state index in [1.54, 1.807) is 0 Å². The predicted molar refractivity (Wildman–Crippen MR) is 168 cm³/mol. The number of hydrogen-bond acceptors (Lipinski definition) is 1. The standard InChI is InChI=1S/C38H21NO/c1-2-9-25-24(8-1)28-12-7-13-30-34(17-16-29(25)38(28)30)39-33-14-5-3-10-26(33)31-18-23-21-37-32(19-22(23)20-35(31)39)27-11-4-6-15-36(27)40-37/h1-21H. The summed E-state index contributed by atoms with van der Waals surface area (Å²) >= 11 is 0. The number of para-hydroxylation sites is 2. The smallest absolute Gasteiger partial charge is 0.136 e. The van der Waals surface area contributed by atoms with Crippen LogP contribution >= 0.6 is 0 Å². The van der Waals surface area contributed by atoms with Gasteiger partial charge in [-0.05, 0) is 80.9 Å². The molecule has 40 heavy (non-hydrogen) atoms. The lowest BCUT2D eigenvalue weighted by Gasteiger charge is -2.13. The quantitative estimate of drug-likeness (QED) is 0.216. The van der Waals surface area contributed by atoms with Gasteiger partial charge in [0.2, 0.25) is 0 Å². The summed E-state index contributed by atoms with van der Waals surface area (Å²) in [7, 11) is 0. The molecule has 0 unspecified atom stereocenters. The summed E-state index contributed by atoms with van der Waals surface area (Å²) in [6.07, 6.45) is 0. The first kappa shape index (κ1) is 20.6. The number of rotatable bonds is 1. The van der Waals surface area contributed by atoms with Crippen molar-refractivity contribution in [1.29, 1.82) is 0 Å². The second-order valence-corrected chi connectivity index (χ2v) is 10.9. The van der Waals surface area contributed by atoms with Crippen LogP contribution in [0, 0.1) is 0 Å². The van der Waals surface area contributed by atoms with E-state index >= 15 is 0 Å². The van der Waals surface area contributed by atoms with Crippen molar-refractivity contribution >= 4 is 65.3 Å². The van der Waals surface area contributed by atoms with Gasteiger partial charge >= 0.3 is 0 Å². The minimum absolute atomic E-state index is 0.932. The highest BCUT2D eigenvalue weighted by atomic mass is 16.3. The zero-order valence-electron chi connectivity index (χ0n) is 21.5. The monoisotopic (exact) mass is 507 g/mol. The molecule has 0 aliphatic heterocycles. The van der Waals surface area contributed by atoms with Gasteiger partial charge in [0.05, 0.1) is 16.7 Å². The van der Waals surface area contributed by atoms with Crippen LogP contribution in [0.3, 0.4) is 0 Å². The molecule has 2 nitrogen and oxygen atoms in total. The van der Waals surface area contributed by atoms with Crippen LogP contribution in [0.15, 0.2) is 132 Å². The number of nitrogens with zero attached hydrogens (tertiary/aromatic N) is 1. The van der Waals surface area contributed by atoms with Crippen LogP contribution in [-0.4, -0.2) is 4.57 Å². The first-order chi connectivity index (χ1) is 19.8. The first-order valence-electron chi connectivity index (χ1n) is 13.8. The summed E-state index contributed by atoms with van der Waals surface area (Å²) in [6.45, 7) is 0. The van der Waals surface area contributed by atoms with Gasteiger partial charge < -0.3 is 8.98 Å². The van der Waals surface area contributed by atoms with Crippen molar-refractivity contribution in [3.8, 4) is 27.9 Å². The topological polar surface area (TPSA) is 18.1 Å². The molecule has 0 amide bonds. The fourth-order valence-corrected chi connectivity index (χ4v) is 7.18. The Balaban J connectivity index is 1.34. The molecule has 0 radical (unpaired) electrons. The Labute approximate surface area is 229 Å². The lowest BCUT2D eigenvalue weighted by Crippen LogP contribution is -1.95. The Kier molecular flexibility index (Phi) is 3.70. The summed E-state index contributed by atoms with van der Waals surface area (Å²) in [5, 5.41) is 9.87. The highest BCUT2D eigenvalue weighted by molar-refractivity contribution is 6.20. The van der Waals surface area contributed by atoms with Crippen LogP contribution in [0.5, 0.6) is 0 Å². The maximum atomic E-state index is 6.23. The molecular formula is C38H21NO. The molecule has 10 rings (SSSR count). The van der Waals surface area contributed by atoms with Crippen molar-refractivity contribution in [3.63, 3.8) is 0 Å². The molecule has 2 heteroatoms. The molecule has 0 fully saturated rings. The summed E-state index contributed by atoms with van der Waals surface area (Å²) in [5.74, 6) is 0. The highest BCUT2D eigenvalue weighted by Gasteiger charge is 2.23. The van der Waals surface area contributed by atoms with Gasteiger partial charge in [-0.3, -0.25) is 0 Å². The van der Waals surface area contributed by atoms with Gasteiger partial charge in [0, 0.05) is 26.9 Å². The summed E-state index contributed by atoms with van der Waals surface area (Å²) in [4.78, 5) is 0. The Hall–Kier alpha value is -5.34. The minimum Gasteiger partial charge on any atom is -0.456 e.